The lowest BCUT2D eigenvalue weighted by molar-refractivity contribution is -0.137. The van der Waals surface area contributed by atoms with Gasteiger partial charge in [0.25, 0.3) is 0 Å². The Hall–Kier alpha value is -3.76. The first-order chi connectivity index (χ1) is 16.2. The molecule has 0 radical (unpaired) electrons. The summed E-state index contributed by atoms with van der Waals surface area (Å²) >= 11 is 0. The largest absolute Gasteiger partial charge is 0.491 e. The molecule has 4 rings (SSSR count). The summed E-state index contributed by atoms with van der Waals surface area (Å²) < 4.78 is 49.8. The summed E-state index contributed by atoms with van der Waals surface area (Å²) in [5.41, 5.74) is 0.299. The Morgan fingerprint density at radius 1 is 1.15 bits per heavy atom. The van der Waals surface area contributed by atoms with E-state index in [2.05, 4.69) is 10.6 Å². The third-order valence-corrected chi connectivity index (χ3v) is 5.66. The highest BCUT2D eigenvalue weighted by molar-refractivity contribution is 6.01. The summed E-state index contributed by atoms with van der Waals surface area (Å²) in [5, 5.41) is 5.20. The van der Waals surface area contributed by atoms with Crippen molar-refractivity contribution in [2.24, 2.45) is 0 Å². The van der Waals surface area contributed by atoms with Crippen LogP contribution in [0.25, 0.3) is 0 Å². The molecule has 1 unspecified atom stereocenters. The maximum atomic E-state index is 13.0. The van der Waals surface area contributed by atoms with Crippen molar-refractivity contribution in [2.75, 3.05) is 25.5 Å². The predicted octanol–water partition coefficient (Wildman–Crippen LogP) is 3.11. The summed E-state index contributed by atoms with van der Waals surface area (Å²) in [6.45, 7) is 0.172. The Balaban J connectivity index is 1.54. The van der Waals surface area contributed by atoms with Crippen molar-refractivity contribution >= 4 is 23.4 Å². The van der Waals surface area contributed by atoms with Crippen LogP contribution in [0, 0.1) is 0 Å². The number of carbonyl (C=O) groups excluding carboxylic acids is 3. The van der Waals surface area contributed by atoms with Gasteiger partial charge in [-0.3, -0.25) is 14.4 Å². The highest BCUT2D eigenvalue weighted by atomic mass is 19.4. The molecular formula is C23H22F3N3O5. The van der Waals surface area contributed by atoms with Gasteiger partial charge in [0, 0.05) is 31.5 Å². The second-order valence-corrected chi connectivity index (χ2v) is 7.92. The number of ether oxygens (including phenoxy) is 2. The number of hydrogen-bond donors (Lipinski definition) is 2. The fraction of sp³-hybridized carbons (Fsp3) is 0.348. The summed E-state index contributed by atoms with van der Waals surface area (Å²) in [4.78, 5) is 38.2. The van der Waals surface area contributed by atoms with E-state index in [0.717, 1.165) is 17.7 Å². The molecule has 3 amide bonds. The molecule has 1 fully saturated rings. The summed E-state index contributed by atoms with van der Waals surface area (Å²) in [7, 11) is 1.45. The minimum absolute atomic E-state index is 0.154. The van der Waals surface area contributed by atoms with Crippen LogP contribution in [0.1, 0.15) is 24.0 Å². The van der Waals surface area contributed by atoms with E-state index in [1.807, 2.05) is 0 Å². The number of halogens is 3. The predicted molar refractivity (Wildman–Crippen MR) is 115 cm³/mol. The molecule has 1 saturated heterocycles. The first kappa shape index (κ1) is 23.4. The molecule has 34 heavy (non-hydrogen) atoms. The van der Waals surface area contributed by atoms with Crippen LogP contribution in [-0.2, 0) is 27.0 Å². The molecule has 0 saturated carbocycles. The first-order valence-corrected chi connectivity index (χ1v) is 10.6. The average molecular weight is 477 g/mol. The maximum absolute atomic E-state index is 13.0. The first-order valence-electron chi connectivity index (χ1n) is 10.6. The minimum Gasteiger partial charge on any atom is -0.491 e. The maximum Gasteiger partial charge on any atom is 0.416 e. The monoisotopic (exact) mass is 477 g/mol. The lowest BCUT2D eigenvalue weighted by Crippen LogP contribution is -2.46. The summed E-state index contributed by atoms with van der Waals surface area (Å²) in [5.74, 6) is -0.172. The van der Waals surface area contributed by atoms with Gasteiger partial charge >= 0.3 is 6.18 Å². The second-order valence-electron chi connectivity index (χ2n) is 7.92. The highest BCUT2D eigenvalue weighted by Gasteiger charge is 2.37. The molecule has 180 valence electrons. The van der Waals surface area contributed by atoms with Crippen molar-refractivity contribution in [2.45, 2.75) is 31.5 Å². The van der Waals surface area contributed by atoms with Gasteiger partial charge in [-0.2, -0.15) is 13.2 Å². The molecule has 2 aromatic rings. The number of benzene rings is 2. The molecule has 8 nitrogen and oxygen atoms in total. The van der Waals surface area contributed by atoms with Crippen LogP contribution < -0.4 is 20.1 Å². The van der Waals surface area contributed by atoms with Gasteiger partial charge in [-0.1, -0.05) is 0 Å². The van der Waals surface area contributed by atoms with Crippen molar-refractivity contribution < 1.29 is 37.0 Å². The van der Waals surface area contributed by atoms with Crippen molar-refractivity contribution in [1.82, 2.24) is 10.2 Å². The number of alkyl halides is 3. The Labute approximate surface area is 193 Å². The fourth-order valence-corrected chi connectivity index (χ4v) is 3.93. The molecule has 0 bridgehead atoms. The third kappa shape index (κ3) is 4.92. The van der Waals surface area contributed by atoms with Crippen LogP contribution in [0.15, 0.2) is 36.4 Å². The van der Waals surface area contributed by atoms with Crippen molar-refractivity contribution in [3.8, 4) is 17.2 Å². The average Bonchev–Trinajstić information content (AvgIpc) is 3.40. The molecule has 0 spiro atoms. The van der Waals surface area contributed by atoms with Crippen LogP contribution in [0.3, 0.4) is 0 Å². The van der Waals surface area contributed by atoms with E-state index < -0.39 is 23.7 Å². The smallest absolute Gasteiger partial charge is 0.416 e. The normalized spacial score (nSPS) is 17.2. The lowest BCUT2D eigenvalue weighted by Gasteiger charge is -2.23. The Morgan fingerprint density at radius 2 is 1.88 bits per heavy atom. The number of hydrogen-bond acceptors (Lipinski definition) is 5. The fourth-order valence-electron chi connectivity index (χ4n) is 3.93. The Kier molecular flexibility index (Phi) is 6.36. The van der Waals surface area contributed by atoms with Gasteiger partial charge in [0.1, 0.15) is 29.8 Å². The number of carbonyl (C=O) groups is 3. The number of amides is 3. The topological polar surface area (TPSA) is 97.0 Å². The van der Waals surface area contributed by atoms with Crippen molar-refractivity contribution in [3.05, 3.63) is 47.5 Å². The number of likely N-dealkylation sites (tertiary alicyclic amines) is 1. The van der Waals surface area contributed by atoms with Gasteiger partial charge in [0.2, 0.25) is 17.7 Å². The van der Waals surface area contributed by atoms with Crippen LogP contribution in [0.5, 0.6) is 17.2 Å². The van der Waals surface area contributed by atoms with Gasteiger partial charge < -0.3 is 25.0 Å². The molecule has 11 heteroatoms. The number of fused-ring (bicyclic) bond motifs is 1. The molecule has 2 aliphatic rings. The van der Waals surface area contributed by atoms with Gasteiger partial charge in [0.15, 0.2) is 0 Å². The number of nitrogens with one attached hydrogen (secondary N) is 2. The summed E-state index contributed by atoms with van der Waals surface area (Å²) in [6.07, 6.45) is -3.46. The van der Waals surface area contributed by atoms with Gasteiger partial charge in [0.05, 0.1) is 17.9 Å². The number of rotatable bonds is 6. The molecule has 2 heterocycles. The number of nitrogens with zero attached hydrogens (tertiary/aromatic N) is 1. The molecule has 0 aromatic heterocycles. The molecule has 1 atom stereocenters. The van der Waals surface area contributed by atoms with Crippen molar-refractivity contribution in [1.29, 1.82) is 0 Å². The van der Waals surface area contributed by atoms with E-state index in [4.69, 9.17) is 9.47 Å². The zero-order chi connectivity index (χ0) is 24.5. The van der Waals surface area contributed by atoms with Crippen LogP contribution >= 0.6 is 0 Å². The Bertz CT molecular complexity index is 1120. The molecule has 0 aliphatic carbocycles. The van der Waals surface area contributed by atoms with E-state index in [-0.39, 0.29) is 37.0 Å². The zero-order valence-electron chi connectivity index (χ0n) is 18.2. The summed E-state index contributed by atoms with van der Waals surface area (Å²) in [6, 6.07) is 6.67. The van der Waals surface area contributed by atoms with Crippen LogP contribution in [0.4, 0.5) is 18.9 Å². The van der Waals surface area contributed by atoms with Gasteiger partial charge in [-0.15, -0.1) is 0 Å². The minimum atomic E-state index is -4.45. The highest BCUT2D eigenvalue weighted by Crippen LogP contribution is 2.40. The lowest BCUT2D eigenvalue weighted by atomic mass is 10.1. The van der Waals surface area contributed by atoms with Crippen LogP contribution in [0.2, 0.25) is 0 Å². The van der Waals surface area contributed by atoms with E-state index in [0.29, 0.717) is 30.2 Å². The quantitative estimate of drug-likeness (QED) is 0.667. The van der Waals surface area contributed by atoms with Gasteiger partial charge in [-0.05, 0) is 36.8 Å². The van der Waals surface area contributed by atoms with E-state index in [1.165, 1.54) is 30.1 Å². The number of anilines is 1. The number of likely N-dealkylation sites (N-methyl/N-ethyl adjacent to an activating group) is 1. The molecular weight excluding hydrogens is 455 g/mol. The van der Waals surface area contributed by atoms with E-state index in [1.54, 1.807) is 6.07 Å². The van der Waals surface area contributed by atoms with Crippen molar-refractivity contribution in [3.63, 3.8) is 0 Å². The SMILES string of the molecule is CNC(=O)CN1C(=O)CCC1C(=O)Nc1cc(Oc2ccc(C(F)(F)F)cc2)cc2c1OCC2. The zero-order valence-corrected chi connectivity index (χ0v) is 18.2. The standard InChI is InChI=1S/C23H22F3N3O5/c1-27-19(30)12-29-18(6-7-20(29)31)22(32)28-17-11-16(10-13-8-9-33-21(13)17)34-15-4-2-14(3-5-15)23(24,25)26/h2-5,10-11,18H,6-9,12H2,1H3,(H,27,30)(H,28,32). The molecule has 2 N–H and O–H groups in total. The van der Waals surface area contributed by atoms with Crippen LogP contribution in [-0.4, -0.2) is 48.9 Å². The van der Waals surface area contributed by atoms with E-state index in [9.17, 15) is 27.6 Å². The Morgan fingerprint density at radius 3 is 2.56 bits per heavy atom. The third-order valence-electron chi connectivity index (χ3n) is 5.66. The molecule has 2 aromatic carbocycles. The second kappa shape index (κ2) is 9.24. The molecule has 2 aliphatic heterocycles. The van der Waals surface area contributed by atoms with Gasteiger partial charge in [-0.25, -0.2) is 0 Å². The van der Waals surface area contributed by atoms with E-state index >= 15 is 0 Å².